The summed E-state index contributed by atoms with van der Waals surface area (Å²) < 4.78 is 0. The predicted octanol–water partition coefficient (Wildman–Crippen LogP) is 2.91. The zero-order valence-corrected chi connectivity index (χ0v) is 14.9. The van der Waals surface area contributed by atoms with Gasteiger partial charge in [0.1, 0.15) is 0 Å². The number of halogens is 1. The van der Waals surface area contributed by atoms with Gasteiger partial charge in [-0.25, -0.2) is 0 Å². The van der Waals surface area contributed by atoms with Crippen LogP contribution in [-0.4, -0.2) is 48.8 Å². The van der Waals surface area contributed by atoms with Crippen LogP contribution in [-0.2, 0) is 16.0 Å². The maximum atomic E-state index is 12.4. The summed E-state index contributed by atoms with van der Waals surface area (Å²) >= 11 is 6.12. The fraction of sp³-hybridized carbons (Fsp3) is 0.556. The lowest BCUT2D eigenvalue weighted by Gasteiger charge is -2.33. The lowest BCUT2D eigenvalue weighted by atomic mass is 9.96. The number of benzene rings is 1. The molecule has 0 N–H and O–H groups in total. The van der Waals surface area contributed by atoms with Crippen molar-refractivity contribution < 1.29 is 9.59 Å². The zero-order chi connectivity index (χ0) is 17.0. The molecule has 1 saturated heterocycles. The summed E-state index contributed by atoms with van der Waals surface area (Å²) in [5.74, 6) is 0.183. The molecule has 1 aliphatic heterocycles. The van der Waals surface area contributed by atoms with Gasteiger partial charge in [-0.2, -0.15) is 0 Å². The second-order valence-electron chi connectivity index (χ2n) is 6.50. The summed E-state index contributed by atoms with van der Waals surface area (Å²) in [5.41, 5.74) is 2.12. The maximum absolute atomic E-state index is 12.4. The molecule has 1 fully saturated rings. The monoisotopic (exact) mass is 336 g/mol. The van der Waals surface area contributed by atoms with Gasteiger partial charge in [0.25, 0.3) is 0 Å². The minimum Gasteiger partial charge on any atom is -0.349 e. The lowest BCUT2D eigenvalue weighted by Crippen LogP contribution is -2.45. The Balaban J connectivity index is 1.89. The van der Waals surface area contributed by atoms with E-state index < -0.39 is 0 Å². The Morgan fingerprint density at radius 1 is 1.35 bits per heavy atom. The molecule has 0 spiro atoms. The number of nitrogens with zero attached hydrogens (tertiary/aromatic N) is 2. The van der Waals surface area contributed by atoms with E-state index in [4.69, 9.17) is 11.6 Å². The molecule has 1 unspecified atom stereocenters. The van der Waals surface area contributed by atoms with Gasteiger partial charge in [-0.15, -0.1) is 0 Å². The van der Waals surface area contributed by atoms with Crippen molar-refractivity contribution >= 4 is 23.4 Å². The van der Waals surface area contributed by atoms with E-state index in [1.165, 1.54) is 0 Å². The van der Waals surface area contributed by atoms with Crippen LogP contribution in [0.15, 0.2) is 18.2 Å². The molecule has 2 rings (SSSR count). The molecule has 1 aliphatic rings. The lowest BCUT2D eigenvalue weighted by molar-refractivity contribution is -0.139. The molecule has 1 atom stereocenters. The number of rotatable bonds is 4. The van der Waals surface area contributed by atoms with Crippen LogP contribution in [0.4, 0.5) is 0 Å². The van der Waals surface area contributed by atoms with Crippen LogP contribution in [0, 0.1) is 12.8 Å². The first-order chi connectivity index (χ1) is 10.9. The molecule has 1 aromatic carbocycles. The number of likely N-dealkylation sites (tertiary alicyclic amines) is 1. The van der Waals surface area contributed by atoms with Crippen LogP contribution < -0.4 is 0 Å². The van der Waals surface area contributed by atoms with Crippen molar-refractivity contribution in [2.45, 2.75) is 32.6 Å². The highest BCUT2D eigenvalue weighted by Gasteiger charge is 2.28. The van der Waals surface area contributed by atoms with E-state index in [0.717, 1.165) is 35.5 Å². The van der Waals surface area contributed by atoms with Gasteiger partial charge in [0.15, 0.2) is 0 Å². The van der Waals surface area contributed by atoms with E-state index in [1.54, 1.807) is 19.0 Å². The number of carbonyl (C=O) groups excluding carboxylic acids is 2. The number of aryl methyl sites for hydroxylation is 2. The Morgan fingerprint density at radius 3 is 2.74 bits per heavy atom. The van der Waals surface area contributed by atoms with E-state index >= 15 is 0 Å². The van der Waals surface area contributed by atoms with Gasteiger partial charge in [-0.05, 0) is 43.4 Å². The first-order valence-electron chi connectivity index (χ1n) is 8.12. The Hall–Kier alpha value is -1.55. The summed E-state index contributed by atoms with van der Waals surface area (Å²) in [6, 6.07) is 5.93. The molecule has 0 saturated carbocycles. The van der Waals surface area contributed by atoms with Crippen LogP contribution in [0.1, 0.15) is 30.4 Å². The largest absolute Gasteiger partial charge is 0.349 e. The first kappa shape index (κ1) is 17.8. The predicted molar refractivity (Wildman–Crippen MR) is 92.5 cm³/mol. The van der Waals surface area contributed by atoms with Gasteiger partial charge in [0.05, 0.1) is 5.92 Å². The minimum atomic E-state index is -0.0588. The fourth-order valence-corrected chi connectivity index (χ4v) is 3.17. The minimum absolute atomic E-state index is 0.0588. The molecule has 2 amide bonds. The number of hydrogen-bond donors (Lipinski definition) is 0. The Bertz CT molecular complexity index is 586. The van der Waals surface area contributed by atoms with Gasteiger partial charge in [0.2, 0.25) is 11.8 Å². The highest BCUT2D eigenvalue weighted by atomic mass is 35.5. The topological polar surface area (TPSA) is 40.6 Å². The highest BCUT2D eigenvalue weighted by Crippen LogP contribution is 2.21. The molecule has 23 heavy (non-hydrogen) atoms. The molecule has 0 radical (unpaired) electrons. The van der Waals surface area contributed by atoms with Gasteiger partial charge < -0.3 is 9.80 Å². The Labute approximate surface area is 143 Å². The van der Waals surface area contributed by atoms with Crippen molar-refractivity contribution in [1.29, 1.82) is 0 Å². The normalized spacial score (nSPS) is 17.9. The Morgan fingerprint density at radius 2 is 2.09 bits per heavy atom. The smallest absolute Gasteiger partial charge is 0.226 e. The SMILES string of the molecule is Cc1ccc(CCC(=O)N2CCCC(C(=O)N(C)C)C2)cc1Cl. The fourth-order valence-electron chi connectivity index (χ4n) is 2.97. The van der Waals surface area contributed by atoms with Gasteiger partial charge >= 0.3 is 0 Å². The molecule has 126 valence electrons. The maximum Gasteiger partial charge on any atom is 0.226 e. The van der Waals surface area contributed by atoms with E-state index in [0.29, 0.717) is 19.4 Å². The van der Waals surface area contributed by atoms with Crippen LogP contribution >= 0.6 is 11.6 Å². The third-order valence-electron chi connectivity index (χ3n) is 4.43. The zero-order valence-electron chi connectivity index (χ0n) is 14.1. The van der Waals surface area contributed by atoms with Crippen LogP contribution in [0.3, 0.4) is 0 Å². The second kappa shape index (κ2) is 7.82. The summed E-state index contributed by atoms with van der Waals surface area (Å²) in [5, 5.41) is 0.740. The first-order valence-corrected chi connectivity index (χ1v) is 8.50. The number of carbonyl (C=O) groups is 2. The van der Waals surface area contributed by atoms with Crippen molar-refractivity contribution in [3.8, 4) is 0 Å². The van der Waals surface area contributed by atoms with Crippen molar-refractivity contribution in [2.24, 2.45) is 5.92 Å². The van der Waals surface area contributed by atoms with Crippen molar-refractivity contribution in [1.82, 2.24) is 9.80 Å². The molecular weight excluding hydrogens is 312 g/mol. The highest BCUT2D eigenvalue weighted by molar-refractivity contribution is 6.31. The van der Waals surface area contributed by atoms with Crippen LogP contribution in [0.2, 0.25) is 5.02 Å². The van der Waals surface area contributed by atoms with Crippen molar-refractivity contribution in [2.75, 3.05) is 27.2 Å². The average molecular weight is 337 g/mol. The Kier molecular flexibility index (Phi) is 6.05. The number of amides is 2. The van der Waals surface area contributed by atoms with Crippen LogP contribution in [0.25, 0.3) is 0 Å². The quantitative estimate of drug-likeness (QED) is 0.848. The van der Waals surface area contributed by atoms with E-state index in [1.807, 2.05) is 30.0 Å². The third-order valence-corrected chi connectivity index (χ3v) is 4.84. The standard InChI is InChI=1S/C18H25ClN2O2/c1-13-6-7-14(11-16(13)19)8-9-17(22)21-10-4-5-15(12-21)18(23)20(2)3/h6-7,11,15H,4-5,8-10,12H2,1-3H3. The summed E-state index contributed by atoms with van der Waals surface area (Å²) in [7, 11) is 3.54. The van der Waals surface area contributed by atoms with Crippen LogP contribution in [0.5, 0.6) is 0 Å². The number of piperidine rings is 1. The van der Waals surface area contributed by atoms with Gasteiger partial charge in [0, 0.05) is 38.6 Å². The summed E-state index contributed by atoms with van der Waals surface area (Å²) in [6.07, 6.45) is 2.91. The van der Waals surface area contributed by atoms with E-state index in [9.17, 15) is 9.59 Å². The van der Waals surface area contributed by atoms with Gasteiger partial charge in [-0.1, -0.05) is 23.7 Å². The molecule has 1 aromatic rings. The summed E-state index contributed by atoms with van der Waals surface area (Å²) in [6.45, 7) is 3.27. The number of hydrogen-bond acceptors (Lipinski definition) is 2. The summed E-state index contributed by atoms with van der Waals surface area (Å²) in [4.78, 5) is 28.0. The van der Waals surface area contributed by atoms with E-state index in [2.05, 4.69) is 0 Å². The molecular formula is C18H25ClN2O2. The van der Waals surface area contributed by atoms with Gasteiger partial charge in [-0.3, -0.25) is 9.59 Å². The molecule has 5 heteroatoms. The van der Waals surface area contributed by atoms with Crippen molar-refractivity contribution in [3.05, 3.63) is 34.3 Å². The average Bonchev–Trinajstić information content (AvgIpc) is 2.55. The molecule has 1 heterocycles. The third kappa shape index (κ3) is 4.71. The molecule has 0 aromatic heterocycles. The molecule has 4 nitrogen and oxygen atoms in total. The second-order valence-corrected chi connectivity index (χ2v) is 6.90. The van der Waals surface area contributed by atoms with E-state index in [-0.39, 0.29) is 17.7 Å². The molecule has 0 aliphatic carbocycles. The van der Waals surface area contributed by atoms with Crippen molar-refractivity contribution in [3.63, 3.8) is 0 Å². The molecule has 0 bridgehead atoms.